The lowest BCUT2D eigenvalue weighted by atomic mass is 10.1. The van der Waals surface area contributed by atoms with Crippen LogP contribution >= 0.6 is 11.8 Å². The van der Waals surface area contributed by atoms with E-state index in [4.69, 9.17) is 0 Å². The summed E-state index contributed by atoms with van der Waals surface area (Å²) in [6, 6.07) is 25.2. The molecule has 0 atom stereocenters. The van der Waals surface area contributed by atoms with E-state index in [1.54, 1.807) is 30.3 Å². The molecule has 2 N–H and O–H groups in total. The Morgan fingerprint density at radius 2 is 1.83 bits per heavy atom. The number of nitrogens with zero attached hydrogens (tertiary/aromatic N) is 4. The minimum absolute atomic E-state index is 0.0352. The molecule has 10 heteroatoms. The number of aromatic nitrogens is 2. The summed E-state index contributed by atoms with van der Waals surface area (Å²) in [4.78, 5) is 30.8. The number of aromatic amines is 1. The van der Waals surface area contributed by atoms with Crippen molar-refractivity contribution in [1.82, 2.24) is 9.97 Å². The summed E-state index contributed by atoms with van der Waals surface area (Å²) in [7, 11) is 0. The fourth-order valence-electron chi connectivity index (χ4n) is 3.21. The minimum atomic E-state index is -0.603. The third kappa shape index (κ3) is 5.79. The maximum absolute atomic E-state index is 12.4. The largest absolute Gasteiger partial charge is 0.290 e. The van der Waals surface area contributed by atoms with Crippen LogP contribution in [0.3, 0.4) is 0 Å². The van der Waals surface area contributed by atoms with Gasteiger partial charge in [0, 0.05) is 33.9 Å². The van der Waals surface area contributed by atoms with Gasteiger partial charge in [-0.2, -0.15) is 10.4 Å². The Balaban J connectivity index is 1.60. The smallest absolute Gasteiger partial charge is 0.270 e. The Kier molecular flexibility index (Phi) is 7.30. The summed E-state index contributed by atoms with van der Waals surface area (Å²) < 4.78 is 0. The van der Waals surface area contributed by atoms with Gasteiger partial charge in [0.05, 0.1) is 16.8 Å². The number of benzene rings is 3. The number of rotatable bonds is 8. The van der Waals surface area contributed by atoms with E-state index in [0.717, 1.165) is 10.5 Å². The van der Waals surface area contributed by atoms with Gasteiger partial charge in [-0.1, -0.05) is 60.7 Å². The van der Waals surface area contributed by atoms with Gasteiger partial charge in [-0.05, 0) is 11.6 Å². The molecule has 0 unspecified atom stereocenters. The van der Waals surface area contributed by atoms with Gasteiger partial charge in [0.15, 0.2) is 0 Å². The number of nitrogens with one attached hydrogen (secondary N) is 2. The van der Waals surface area contributed by atoms with E-state index in [-0.39, 0.29) is 22.9 Å². The third-order valence-electron chi connectivity index (χ3n) is 4.89. The van der Waals surface area contributed by atoms with Gasteiger partial charge in [-0.25, -0.2) is 10.4 Å². The highest BCUT2D eigenvalue weighted by Crippen LogP contribution is 2.28. The lowest BCUT2D eigenvalue weighted by Gasteiger charge is -2.07. The SMILES string of the molecule is N#Cc1c(-c2ccccc2)nc(NN=Cc2cc([N+](=O)[O-])ccc2SCc2ccccc2)[nH]c1=O. The monoisotopic (exact) mass is 482 g/mol. The van der Waals surface area contributed by atoms with Crippen LogP contribution in [0.5, 0.6) is 0 Å². The van der Waals surface area contributed by atoms with Crippen LogP contribution in [0, 0.1) is 21.4 Å². The van der Waals surface area contributed by atoms with Crippen molar-refractivity contribution in [2.24, 2.45) is 5.10 Å². The van der Waals surface area contributed by atoms with Crippen LogP contribution in [0.4, 0.5) is 11.6 Å². The van der Waals surface area contributed by atoms with Crippen molar-refractivity contribution in [2.75, 3.05) is 5.43 Å². The standard InChI is InChI=1S/C25H18N6O3S/c26-14-21-23(18-9-5-2-6-10-18)28-25(29-24(21)32)30-27-15-19-13-20(31(33)34)11-12-22(19)35-16-17-7-3-1-4-8-17/h1-13,15H,16H2,(H2,28,29,30,32). The highest BCUT2D eigenvalue weighted by Gasteiger charge is 2.13. The second-order valence-electron chi connectivity index (χ2n) is 7.24. The average Bonchev–Trinajstić information content (AvgIpc) is 2.88. The van der Waals surface area contributed by atoms with E-state index in [1.165, 1.54) is 30.1 Å². The zero-order chi connectivity index (χ0) is 24.6. The first-order valence-electron chi connectivity index (χ1n) is 10.4. The molecule has 0 spiro atoms. The maximum Gasteiger partial charge on any atom is 0.270 e. The van der Waals surface area contributed by atoms with Crippen molar-refractivity contribution in [3.63, 3.8) is 0 Å². The van der Waals surface area contributed by atoms with Crippen molar-refractivity contribution in [1.29, 1.82) is 5.26 Å². The molecule has 4 rings (SSSR count). The summed E-state index contributed by atoms with van der Waals surface area (Å²) in [6.07, 6.45) is 1.43. The van der Waals surface area contributed by atoms with E-state index in [0.29, 0.717) is 16.9 Å². The average molecular weight is 483 g/mol. The van der Waals surface area contributed by atoms with Crippen LogP contribution in [0.2, 0.25) is 0 Å². The maximum atomic E-state index is 12.4. The lowest BCUT2D eigenvalue weighted by Crippen LogP contribution is -2.16. The van der Waals surface area contributed by atoms with Gasteiger partial charge in [-0.3, -0.25) is 19.9 Å². The zero-order valence-corrected chi connectivity index (χ0v) is 19.0. The first-order chi connectivity index (χ1) is 17.0. The molecule has 0 aliphatic carbocycles. The van der Waals surface area contributed by atoms with Crippen molar-refractivity contribution >= 4 is 29.6 Å². The lowest BCUT2D eigenvalue weighted by molar-refractivity contribution is -0.384. The molecule has 0 bridgehead atoms. The number of nitro groups is 1. The fourth-order valence-corrected chi connectivity index (χ4v) is 4.17. The number of thioether (sulfide) groups is 1. The van der Waals surface area contributed by atoms with Crippen LogP contribution in [0.25, 0.3) is 11.3 Å². The number of nitriles is 1. The summed E-state index contributed by atoms with van der Waals surface area (Å²) in [6.45, 7) is 0. The van der Waals surface area contributed by atoms with E-state index < -0.39 is 10.5 Å². The molecule has 3 aromatic carbocycles. The molecule has 0 saturated carbocycles. The quantitative estimate of drug-likeness (QED) is 0.157. The van der Waals surface area contributed by atoms with Crippen molar-refractivity contribution in [3.8, 4) is 17.3 Å². The molecular weight excluding hydrogens is 464 g/mol. The summed E-state index contributed by atoms with van der Waals surface area (Å²) >= 11 is 1.52. The Morgan fingerprint density at radius 1 is 1.11 bits per heavy atom. The number of anilines is 1. The topological polar surface area (TPSA) is 137 Å². The molecule has 0 fully saturated rings. The van der Waals surface area contributed by atoms with Gasteiger partial charge in [0.2, 0.25) is 5.95 Å². The van der Waals surface area contributed by atoms with E-state index >= 15 is 0 Å². The molecule has 172 valence electrons. The van der Waals surface area contributed by atoms with Crippen LogP contribution in [0.1, 0.15) is 16.7 Å². The molecule has 1 heterocycles. The first-order valence-corrected chi connectivity index (χ1v) is 11.4. The highest BCUT2D eigenvalue weighted by molar-refractivity contribution is 7.98. The molecule has 0 aliphatic heterocycles. The van der Waals surface area contributed by atoms with Crippen molar-refractivity contribution < 1.29 is 4.92 Å². The Morgan fingerprint density at radius 3 is 2.51 bits per heavy atom. The predicted octanol–water partition coefficient (Wildman–Crippen LogP) is 4.96. The Labute approximate surface area is 204 Å². The predicted molar refractivity (Wildman–Crippen MR) is 135 cm³/mol. The molecule has 0 aliphatic rings. The number of non-ortho nitro benzene ring substituents is 1. The second-order valence-corrected chi connectivity index (χ2v) is 8.26. The number of nitro benzene ring substituents is 1. The molecular formula is C25H18N6O3S. The Hall–Kier alpha value is -4.75. The summed E-state index contributed by atoms with van der Waals surface area (Å²) in [5.41, 5.74) is 4.37. The molecule has 1 aromatic heterocycles. The highest BCUT2D eigenvalue weighted by atomic mass is 32.2. The molecule has 0 radical (unpaired) electrons. The van der Waals surface area contributed by atoms with Gasteiger partial charge in [0.1, 0.15) is 11.6 Å². The minimum Gasteiger partial charge on any atom is -0.290 e. The molecule has 35 heavy (non-hydrogen) atoms. The normalized spacial score (nSPS) is 10.7. The van der Waals surface area contributed by atoms with Gasteiger partial charge < -0.3 is 0 Å². The van der Waals surface area contributed by atoms with E-state index in [1.807, 2.05) is 42.5 Å². The van der Waals surface area contributed by atoms with Crippen LogP contribution in [-0.4, -0.2) is 21.1 Å². The zero-order valence-electron chi connectivity index (χ0n) is 18.2. The van der Waals surface area contributed by atoms with Crippen LogP contribution in [-0.2, 0) is 5.75 Å². The van der Waals surface area contributed by atoms with Gasteiger partial charge in [0.25, 0.3) is 11.2 Å². The fraction of sp³-hybridized carbons (Fsp3) is 0.0400. The molecule has 0 saturated heterocycles. The number of hydrazone groups is 1. The van der Waals surface area contributed by atoms with E-state index in [9.17, 15) is 20.2 Å². The number of H-pyrrole nitrogens is 1. The molecule has 9 nitrogen and oxygen atoms in total. The number of hydrogen-bond acceptors (Lipinski definition) is 8. The van der Waals surface area contributed by atoms with Crippen LogP contribution in [0.15, 0.2) is 93.7 Å². The third-order valence-corrected chi connectivity index (χ3v) is 6.05. The van der Waals surface area contributed by atoms with Crippen LogP contribution < -0.4 is 11.0 Å². The summed E-state index contributed by atoms with van der Waals surface area (Å²) in [5.74, 6) is 0.714. The number of hydrogen-bond donors (Lipinski definition) is 2. The summed E-state index contributed by atoms with van der Waals surface area (Å²) in [5, 5.41) is 24.8. The molecule has 0 amide bonds. The van der Waals surface area contributed by atoms with Crippen molar-refractivity contribution in [3.05, 3.63) is 116 Å². The first kappa shape index (κ1) is 23.4. The van der Waals surface area contributed by atoms with Gasteiger partial charge >= 0.3 is 0 Å². The Bertz CT molecular complexity index is 1480. The van der Waals surface area contributed by atoms with E-state index in [2.05, 4.69) is 20.5 Å². The second kappa shape index (κ2) is 10.9. The van der Waals surface area contributed by atoms with Crippen molar-refractivity contribution in [2.45, 2.75) is 10.6 Å². The van der Waals surface area contributed by atoms with Gasteiger partial charge in [-0.15, -0.1) is 11.8 Å². The molecule has 4 aromatic rings.